The number of carbonyl (C=O) groups excluding carboxylic acids is 2. The van der Waals surface area contributed by atoms with Crippen molar-refractivity contribution in [3.8, 4) is 17.2 Å². The summed E-state index contributed by atoms with van der Waals surface area (Å²) in [6, 6.07) is 7.75. The Kier molecular flexibility index (Phi) is 11.8. The third-order valence-electron chi connectivity index (χ3n) is 8.40. The molecule has 2 N–H and O–H groups in total. The van der Waals surface area contributed by atoms with Crippen molar-refractivity contribution in [2.45, 2.75) is 59.8 Å². The molecular weight excluding hydrogens is 585 g/mol. The van der Waals surface area contributed by atoms with Crippen LogP contribution in [0, 0.1) is 11.2 Å². The van der Waals surface area contributed by atoms with Crippen molar-refractivity contribution in [1.29, 1.82) is 0 Å². The van der Waals surface area contributed by atoms with Crippen LogP contribution in [0.25, 0.3) is 12.3 Å². The molecule has 0 saturated heterocycles. The predicted octanol–water partition coefficient (Wildman–Crippen LogP) is 5.58. The van der Waals surface area contributed by atoms with Crippen LogP contribution in [0.5, 0.6) is 17.2 Å². The van der Waals surface area contributed by atoms with Gasteiger partial charge in [0.25, 0.3) is 0 Å². The first kappa shape index (κ1) is 34.5. The average molecular weight is 632 g/mol. The molecular formula is C37H46FN3O5. The number of rotatable bonds is 15. The highest BCUT2D eigenvalue weighted by molar-refractivity contribution is 6.13. The molecule has 2 aromatic carbocycles. The van der Waals surface area contributed by atoms with Crippen molar-refractivity contribution in [3.63, 3.8) is 0 Å². The van der Waals surface area contributed by atoms with Gasteiger partial charge < -0.3 is 29.7 Å². The number of allylic oxidation sites excluding steroid dienone is 5. The Hall–Kier alpha value is -4.37. The molecule has 0 bridgehead atoms. The molecule has 8 nitrogen and oxygen atoms in total. The van der Waals surface area contributed by atoms with Crippen molar-refractivity contribution in [3.05, 3.63) is 82.2 Å². The van der Waals surface area contributed by atoms with E-state index < -0.39 is 17.1 Å². The zero-order valence-corrected chi connectivity index (χ0v) is 27.6. The van der Waals surface area contributed by atoms with Gasteiger partial charge in [-0.2, -0.15) is 0 Å². The average Bonchev–Trinajstić information content (AvgIpc) is 3.86. The van der Waals surface area contributed by atoms with Gasteiger partial charge in [-0.15, -0.1) is 0 Å². The summed E-state index contributed by atoms with van der Waals surface area (Å²) in [6.07, 6.45) is 10.7. The summed E-state index contributed by atoms with van der Waals surface area (Å²) >= 11 is 0. The molecule has 2 aliphatic rings. The zero-order chi connectivity index (χ0) is 33.3. The van der Waals surface area contributed by atoms with Crippen LogP contribution in [-0.2, 0) is 9.59 Å². The molecule has 1 fully saturated rings. The van der Waals surface area contributed by atoms with Crippen LogP contribution in [0.15, 0.2) is 65.9 Å². The topological polar surface area (TPSA) is 89.1 Å². The maximum Gasteiger partial charge on any atom is 0.240 e. The van der Waals surface area contributed by atoms with Gasteiger partial charge in [0.15, 0.2) is 23.1 Å². The minimum Gasteiger partial charge on any atom is -0.493 e. The summed E-state index contributed by atoms with van der Waals surface area (Å²) in [6.45, 7) is 15.7. The number of hydrogen-bond donors (Lipinski definition) is 2. The Balaban J connectivity index is 1.49. The van der Waals surface area contributed by atoms with E-state index in [2.05, 4.69) is 36.0 Å². The van der Waals surface area contributed by atoms with Crippen molar-refractivity contribution in [1.82, 2.24) is 10.2 Å². The first-order chi connectivity index (χ1) is 22.1. The third-order valence-corrected chi connectivity index (χ3v) is 8.40. The summed E-state index contributed by atoms with van der Waals surface area (Å²) in [5.74, 6) is -0.0253. The van der Waals surface area contributed by atoms with E-state index in [4.69, 9.17) is 14.2 Å². The van der Waals surface area contributed by atoms with Gasteiger partial charge in [-0.1, -0.05) is 38.2 Å². The Labute approximate surface area is 271 Å². The minimum atomic E-state index is -1.15. The largest absolute Gasteiger partial charge is 0.493 e. The maximum absolute atomic E-state index is 15.4. The minimum absolute atomic E-state index is 0.0329. The van der Waals surface area contributed by atoms with Gasteiger partial charge in [0.1, 0.15) is 11.2 Å². The highest BCUT2D eigenvalue weighted by atomic mass is 19.1. The molecule has 0 atom stereocenters. The molecule has 246 valence electrons. The van der Waals surface area contributed by atoms with Gasteiger partial charge in [-0.25, -0.2) is 4.39 Å². The number of carbonyl (C=O) groups is 2. The van der Waals surface area contributed by atoms with E-state index in [-0.39, 0.29) is 17.3 Å². The third kappa shape index (κ3) is 8.46. The smallest absolute Gasteiger partial charge is 0.240 e. The predicted molar refractivity (Wildman–Crippen MR) is 180 cm³/mol. The molecule has 2 amide bonds. The number of ether oxygens (including phenoxy) is 3. The van der Waals surface area contributed by atoms with Crippen LogP contribution in [0.2, 0.25) is 0 Å². The number of nitrogens with one attached hydrogen (secondary N) is 2. The number of methoxy groups -OCH3 is 1. The highest BCUT2D eigenvalue weighted by Gasteiger charge is 2.56. The molecule has 0 radical (unpaired) electrons. The molecule has 0 aliphatic heterocycles. The number of amides is 2. The number of halogens is 1. The van der Waals surface area contributed by atoms with Gasteiger partial charge in [-0.05, 0) is 101 Å². The molecule has 0 heterocycles. The first-order valence-corrected chi connectivity index (χ1v) is 16.0. The van der Waals surface area contributed by atoms with Crippen LogP contribution >= 0.6 is 0 Å². The lowest BCUT2D eigenvalue weighted by Gasteiger charge is -2.19. The quantitative estimate of drug-likeness (QED) is 0.197. The van der Waals surface area contributed by atoms with E-state index in [1.807, 2.05) is 26.0 Å². The number of hydrogen-bond acceptors (Lipinski definition) is 6. The van der Waals surface area contributed by atoms with Gasteiger partial charge in [0, 0.05) is 29.2 Å². The SMILES string of the molecule is C=c1cc(OC)c(OCCCN(CC)CC)c/c1=C(/C=C\C)Oc1ccc(NC(=O)C2(C(=O)NC3=CC=C(C)CC3)CC2)cc1F. The fourth-order valence-electron chi connectivity index (χ4n) is 5.27. The van der Waals surface area contributed by atoms with Gasteiger partial charge >= 0.3 is 0 Å². The van der Waals surface area contributed by atoms with Crippen LogP contribution in [0.3, 0.4) is 0 Å². The lowest BCUT2D eigenvalue weighted by atomic mass is 10.0. The number of benzene rings is 2. The van der Waals surface area contributed by atoms with Crippen molar-refractivity contribution in [2.24, 2.45) is 5.41 Å². The molecule has 0 aromatic heterocycles. The van der Waals surface area contributed by atoms with E-state index in [0.717, 1.165) is 44.6 Å². The molecule has 0 spiro atoms. The molecule has 9 heteroatoms. The number of anilines is 1. The van der Waals surface area contributed by atoms with Gasteiger partial charge in [0.05, 0.1) is 13.7 Å². The monoisotopic (exact) mass is 631 g/mol. The lowest BCUT2D eigenvalue weighted by Crippen LogP contribution is -2.39. The van der Waals surface area contributed by atoms with Crippen molar-refractivity contribution in [2.75, 3.05) is 38.7 Å². The second kappa shape index (κ2) is 15.8. The summed E-state index contributed by atoms with van der Waals surface area (Å²) in [5.41, 5.74) is 1.12. The molecule has 46 heavy (non-hydrogen) atoms. The maximum atomic E-state index is 15.4. The van der Waals surface area contributed by atoms with Crippen LogP contribution < -0.4 is 35.3 Å². The fourth-order valence-corrected chi connectivity index (χ4v) is 5.27. The highest BCUT2D eigenvalue weighted by Crippen LogP contribution is 2.47. The molecule has 4 rings (SSSR count). The van der Waals surface area contributed by atoms with Gasteiger partial charge in [0.2, 0.25) is 11.8 Å². The fraction of sp³-hybridized carbons (Fsp3) is 0.405. The first-order valence-electron chi connectivity index (χ1n) is 16.0. The summed E-state index contributed by atoms with van der Waals surface area (Å²) < 4.78 is 33.1. The molecule has 2 aliphatic carbocycles. The van der Waals surface area contributed by atoms with Crippen LogP contribution in [-0.4, -0.2) is 50.1 Å². The van der Waals surface area contributed by atoms with E-state index >= 15 is 4.39 Å². The molecule has 0 unspecified atom stereocenters. The Morgan fingerprint density at radius 1 is 1.02 bits per heavy atom. The standard InChI is InChI=1S/C37H46FN3O5/c1-7-11-31(29-24-34(33(44-6)22-26(29)5)45-21-10-20-41(8-2)9-3)46-32-17-16-28(23-30(32)38)40-36(43)37(18-19-37)35(42)39-27-14-12-25(4)13-15-27/h7,11-12,14,16-17,22-24H,5,8-10,13,15,18-21H2,1-4,6H3,(H,39,42)(H,40,43)/b11-7-,31-29+. The van der Waals surface area contributed by atoms with Crippen molar-refractivity contribution >= 4 is 29.8 Å². The summed E-state index contributed by atoms with van der Waals surface area (Å²) in [7, 11) is 1.57. The Morgan fingerprint density at radius 3 is 2.37 bits per heavy atom. The van der Waals surface area contributed by atoms with Crippen molar-refractivity contribution < 1.29 is 28.2 Å². The molecule has 2 aromatic rings. The van der Waals surface area contributed by atoms with Crippen LogP contribution in [0.1, 0.15) is 59.8 Å². The van der Waals surface area contributed by atoms with E-state index in [0.29, 0.717) is 47.1 Å². The second-order valence-corrected chi connectivity index (χ2v) is 11.7. The molecule has 1 saturated carbocycles. The Bertz CT molecular complexity index is 1640. The van der Waals surface area contributed by atoms with E-state index in [1.54, 1.807) is 37.5 Å². The summed E-state index contributed by atoms with van der Waals surface area (Å²) in [4.78, 5) is 28.5. The van der Waals surface area contributed by atoms with E-state index in [9.17, 15) is 9.59 Å². The summed E-state index contributed by atoms with van der Waals surface area (Å²) in [5, 5.41) is 6.87. The zero-order valence-electron chi connectivity index (χ0n) is 27.6. The number of nitrogens with zero attached hydrogens (tertiary/aromatic N) is 1. The normalized spacial score (nSPS) is 16.0. The second-order valence-electron chi connectivity index (χ2n) is 11.7. The van der Waals surface area contributed by atoms with E-state index in [1.165, 1.54) is 17.7 Å². The lowest BCUT2D eigenvalue weighted by molar-refractivity contribution is -0.133. The van der Waals surface area contributed by atoms with Crippen LogP contribution in [0.4, 0.5) is 10.1 Å². The van der Waals surface area contributed by atoms with Gasteiger partial charge in [-0.3, -0.25) is 9.59 Å². The Morgan fingerprint density at radius 2 is 1.76 bits per heavy atom.